The fraction of sp³-hybridized carbons (Fsp3) is 0.500. The average Bonchev–Trinajstić information content (AvgIpc) is 2.22. The molecular formula is C14H19BrN2S. The van der Waals surface area contributed by atoms with Gasteiger partial charge in [-0.1, -0.05) is 24.8 Å². The summed E-state index contributed by atoms with van der Waals surface area (Å²) in [6, 6.07) is 4.73. The molecule has 2 rings (SSSR count). The first-order chi connectivity index (χ1) is 8.45. The Kier molecular flexibility index (Phi) is 4.38. The van der Waals surface area contributed by atoms with E-state index in [1.807, 2.05) is 11.8 Å². The molecule has 18 heavy (non-hydrogen) atoms. The molecule has 2 atom stereocenters. The van der Waals surface area contributed by atoms with Gasteiger partial charge in [0.15, 0.2) is 5.17 Å². The minimum Gasteiger partial charge on any atom is -0.334 e. The van der Waals surface area contributed by atoms with Gasteiger partial charge in [-0.15, -0.1) is 0 Å². The van der Waals surface area contributed by atoms with Crippen molar-refractivity contribution in [2.24, 2.45) is 4.99 Å². The number of amidine groups is 1. The molecule has 4 heteroatoms. The Hall–Kier alpha value is -0.480. The van der Waals surface area contributed by atoms with E-state index < -0.39 is 0 Å². The minimum absolute atomic E-state index is 0.410. The number of hydrogen-bond acceptors (Lipinski definition) is 3. The molecule has 98 valence electrons. The van der Waals surface area contributed by atoms with Crippen molar-refractivity contribution in [2.45, 2.75) is 45.4 Å². The van der Waals surface area contributed by atoms with Crippen molar-refractivity contribution in [3.05, 3.63) is 27.7 Å². The average molecular weight is 327 g/mol. The summed E-state index contributed by atoms with van der Waals surface area (Å²) in [5.41, 5.74) is 3.65. The van der Waals surface area contributed by atoms with E-state index in [1.165, 1.54) is 11.1 Å². The number of aryl methyl sites for hydroxylation is 2. The molecular weight excluding hydrogens is 308 g/mol. The summed E-state index contributed by atoms with van der Waals surface area (Å²) < 4.78 is 1.11. The van der Waals surface area contributed by atoms with Crippen LogP contribution in [0.25, 0.3) is 0 Å². The largest absolute Gasteiger partial charge is 0.334 e. The second kappa shape index (κ2) is 5.66. The van der Waals surface area contributed by atoms with Crippen LogP contribution < -0.4 is 5.32 Å². The van der Waals surface area contributed by atoms with Gasteiger partial charge < -0.3 is 5.32 Å². The SMILES string of the molecule is Cc1cc(C)c(NC2=NC(C)CC(C)S2)c(Br)c1. The Balaban J connectivity index is 2.24. The summed E-state index contributed by atoms with van der Waals surface area (Å²) in [6.07, 6.45) is 1.16. The smallest absolute Gasteiger partial charge is 0.161 e. The highest BCUT2D eigenvalue weighted by molar-refractivity contribution is 9.10. The van der Waals surface area contributed by atoms with Crippen LogP contribution in [0.5, 0.6) is 0 Å². The lowest BCUT2D eigenvalue weighted by molar-refractivity contribution is 0.661. The number of hydrogen-bond donors (Lipinski definition) is 1. The van der Waals surface area contributed by atoms with Crippen molar-refractivity contribution in [1.82, 2.24) is 0 Å². The van der Waals surface area contributed by atoms with Crippen LogP contribution in [0, 0.1) is 13.8 Å². The first-order valence-electron chi connectivity index (χ1n) is 6.24. The Morgan fingerprint density at radius 3 is 2.67 bits per heavy atom. The number of thioether (sulfide) groups is 1. The molecule has 0 aliphatic carbocycles. The predicted molar refractivity (Wildman–Crippen MR) is 85.8 cm³/mol. The molecule has 0 spiro atoms. The van der Waals surface area contributed by atoms with Crippen molar-refractivity contribution in [2.75, 3.05) is 5.32 Å². The van der Waals surface area contributed by atoms with Crippen LogP contribution in [0.1, 0.15) is 31.4 Å². The van der Waals surface area contributed by atoms with E-state index in [0.29, 0.717) is 11.3 Å². The zero-order chi connectivity index (χ0) is 13.3. The Bertz CT molecular complexity index is 462. The maximum atomic E-state index is 4.68. The van der Waals surface area contributed by atoms with Gasteiger partial charge in [0.25, 0.3) is 0 Å². The molecule has 1 aliphatic rings. The van der Waals surface area contributed by atoms with Crippen molar-refractivity contribution in [3.8, 4) is 0 Å². The topological polar surface area (TPSA) is 24.4 Å². The van der Waals surface area contributed by atoms with Crippen LogP contribution in [0.3, 0.4) is 0 Å². The van der Waals surface area contributed by atoms with Gasteiger partial charge >= 0.3 is 0 Å². The summed E-state index contributed by atoms with van der Waals surface area (Å²) in [7, 11) is 0. The standard InChI is InChI=1S/C14H19BrN2S/c1-8-5-9(2)13(12(15)6-8)17-14-16-10(3)7-11(4)18-14/h5-6,10-11H,7H2,1-4H3,(H,16,17). The Labute approximate surface area is 122 Å². The molecule has 1 aromatic rings. The molecule has 2 unspecified atom stereocenters. The van der Waals surface area contributed by atoms with E-state index in [4.69, 9.17) is 0 Å². The van der Waals surface area contributed by atoms with Crippen LogP contribution in [0.2, 0.25) is 0 Å². The zero-order valence-corrected chi connectivity index (χ0v) is 13.7. The third-order valence-electron chi connectivity index (χ3n) is 2.99. The summed E-state index contributed by atoms with van der Waals surface area (Å²) in [4.78, 5) is 4.68. The first-order valence-corrected chi connectivity index (χ1v) is 7.91. The Morgan fingerprint density at radius 1 is 1.33 bits per heavy atom. The van der Waals surface area contributed by atoms with Crippen LogP contribution in [0.15, 0.2) is 21.6 Å². The second-order valence-electron chi connectivity index (χ2n) is 5.01. The van der Waals surface area contributed by atoms with Crippen molar-refractivity contribution < 1.29 is 0 Å². The highest BCUT2D eigenvalue weighted by atomic mass is 79.9. The van der Waals surface area contributed by atoms with Crippen LogP contribution in [-0.2, 0) is 0 Å². The lowest BCUT2D eigenvalue weighted by atomic mass is 10.1. The molecule has 2 nitrogen and oxygen atoms in total. The molecule has 0 radical (unpaired) electrons. The van der Waals surface area contributed by atoms with Crippen LogP contribution in [-0.4, -0.2) is 16.5 Å². The van der Waals surface area contributed by atoms with E-state index in [2.05, 4.69) is 66.1 Å². The van der Waals surface area contributed by atoms with E-state index in [0.717, 1.165) is 21.7 Å². The monoisotopic (exact) mass is 326 g/mol. The fourth-order valence-electron chi connectivity index (χ4n) is 2.25. The zero-order valence-electron chi connectivity index (χ0n) is 11.2. The molecule has 0 aromatic heterocycles. The lowest BCUT2D eigenvalue weighted by Crippen LogP contribution is -2.23. The summed E-state index contributed by atoms with van der Waals surface area (Å²) >= 11 is 5.45. The molecule has 0 saturated carbocycles. The number of aliphatic imine (C=N–C) groups is 1. The van der Waals surface area contributed by atoms with E-state index in [1.54, 1.807) is 0 Å². The predicted octanol–water partition coefficient (Wildman–Crippen LogP) is 4.75. The molecule has 1 aliphatic heterocycles. The lowest BCUT2D eigenvalue weighted by Gasteiger charge is -2.24. The van der Waals surface area contributed by atoms with Gasteiger partial charge in [0.1, 0.15) is 0 Å². The van der Waals surface area contributed by atoms with Gasteiger partial charge in [0, 0.05) is 9.72 Å². The molecule has 1 aromatic carbocycles. The van der Waals surface area contributed by atoms with E-state index in [-0.39, 0.29) is 0 Å². The number of benzene rings is 1. The third-order valence-corrected chi connectivity index (χ3v) is 4.64. The molecule has 0 bridgehead atoms. The summed E-state index contributed by atoms with van der Waals surface area (Å²) in [5, 5.41) is 5.14. The molecule has 0 fully saturated rings. The van der Waals surface area contributed by atoms with Crippen molar-refractivity contribution in [1.29, 1.82) is 0 Å². The number of nitrogens with zero attached hydrogens (tertiary/aromatic N) is 1. The number of anilines is 1. The Morgan fingerprint density at radius 2 is 2.06 bits per heavy atom. The summed E-state index contributed by atoms with van der Waals surface area (Å²) in [5.74, 6) is 0. The van der Waals surface area contributed by atoms with Crippen molar-refractivity contribution in [3.63, 3.8) is 0 Å². The normalized spacial score (nSPS) is 23.7. The van der Waals surface area contributed by atoms with Gasteiger partial charge in [-0.2, -0.15) is 0 Å². The van der Waals surface area contributed by atoms with Gasteiger partial charge in [-0.3, -0.25) is 4.99 Å². The van der Waals surface area contributed by atoms with Gasteiger partial charge in [0.2, 0.25) is 0 Å². The molecule has 0 saturated heterocycles. The van der Waals surface area contributed by atoms with E-state index >= 15 is 0 Å². The van der Waals surface area contributed by atoms with E-state index in [9.17, 15) is 0 Å². The van der Waals surface area contributed by atoms with Crippen molar-refractivity contribution >= 4 is 38.5 Å². The molecule has 1 heterocycles. The van der Waals surface area contributed by atoms with Gasteiger partial charge in [-0.05, 0) is 60.3 Å². The maximum Gasteiger partial charge on any atom is 0.161 e. The maximum absolute atomic E-state index is 4.68. The quantitative estimate of drug-likeness (QED) is 0.805. The fourth-order valence-corrected chi connectivity index (χ4v) is 4.18. The van der Waals surface area contributed by atoms with Crippen LogP contribution >= 0.6 is 27.7 Å². The highest BCUT2D eigenvalue weighted by Crippen LogP contribution is 2.31. The molecule has 0 amide bonds. The number of rotatable bonds is 1. The minimum atomic E-state index is 0.410. The second-order valence-corrected chi connectivity index (χ2v) is 7.29. The number of nitrogens with one attached hydrogen (secondary N) is 1. The molecule has 1 N–H and O–H groups in total. The summed E-state index contributed by atoms with van der Waals surface area (Å²) in [6.45, 7) is 8.67. The van der Waals surface area contributed by atoms with Gasteiger partial charge in [0.05, 0.1) is 11.7 Å². The third kappa shape index (κ3) is 3.29. The number of halogens is 1. The van der Waals surface area contributed by atoms with Gasteiger partial charge in [-0.25, -0.2) is 0 Å². The highest BCUT2D eigenvalue weighted by Gasteiger charge is 2.19. The first kappa shape index (κ1) is 13.9. The van der Waals surface area contributed by atoms with Crippen LogP contribution in [0.4, 0.5) is 5.69 Å².